The first-order chi connectivity index (χ1) is 11.8. The number of piperidine rings is 1. The Morgan fingerprint density at radius 2 is 1.58 bits per heavy atom. The number of nitrogens with zero attached hydrogens (tertiary/aromatic N) is 1. The Labute approximate surface area is 169 Å². The van der Waals surface area contributed by atoms with Gasteiger partial charge in [-0.3, -0.25) is 4.90 Å². The lowest BCUT2D eigenvalue weighted by atomic mass is 10.0. The zero-order chi connectivity index (χ0) is 16.6. The van der Waals surface area contributed by atoms with Crippen LogP contribution in [0.2, 0.25) is 0 Å². The number of rotatable bonds is 7. The second kappa shape index (κ2) is 12.2. The standard InChI is InChI=1S/C21H28N2O.2ClH/c1-2-24-21-10-8-18(9-11-21)16-22-20-12-14-23(15-13-20)17-19-6-4-3-5-7-19;;/h3-11,20,22H,2,12-17H2,1H3;2*1H. The Bertz CT molecular complexity index is 599. The summed E-state index contributed by atoms with van der Waals surface area (Å²) in [4.78, 5) is 2.56. The van der Waals surface area contributed by atoms with E-state index in [2.05, 4.69) is 64.8 Å². The second-order valence-corrected chi connectivity index (χ2v) is 6.49. The normalized spacial score (nSPS) is 15.0. The fourth-order valence-corrected chi connectivity index (χ4v) is 3.27. The molecule has 0 amide bonds. The van der Waals surface area contributed by atoms with E-state index in [1.165, 1.54) is 37.1 Å². The van der Waals surface area contributed by atoms with Crippen molar-refractivity contribution >= 4 is 24.8 Å². The third-order valence-electron chi connectivity index (χ3n) is 4.67. The van der Waals surface area contributed by atoms with Crippen molar-refractivity contribution in [2.45, 2.75) is 38.9 Å². The monoisotopic (exact) mass is 396 g/mol. The number of hydrogen-bond acceptors (Lipinski definition) is 3. The van der Waals surface area contributed by atoms with Gasteiger partial charge in [0, 0.05) is 19.1 Å². The van der Waals surface area contributed by atoms with E-state index in [1.807, 2.05) is 6.92 Å². The summed E-state index contributed by atoms with van der Waals surface area (Å²) in [6.45, 7) is 7.10. The molecular formula is C21H30Cl2N2O. The van der Waals surface area contributed by atoms with E-state index in [-0.39, 0.29) is 24.8 Å². The number of nitrogens with one attached hydrogen (secondary N) is 1. The second-order valence-electron chi connectivity index (χ2n) is 6.49. The van der Waals surface area contributed by atoms with Crippen LogP contribution in [0, 0.1) is 0 Å². The van der Waals surface area contributed by atoms with Crippen LogP contribution in [0.15, 0.2) is 54.6 Å². The molecule has 3 nitrogen and oxygen atoms in total. The predicted molar refractivity (Wildman–Crippen MR) is 114 cm³/mol. The minimum atomic E-state index is 0. The first kappa shape index (κ1) is 22.8. The van der Waals surface area contributed by atoms with Crippen molar-refractivity contribution in [1.82, 2.24) is 10.2 Å². The molecule has 1 N–H and O–H groups in total. The lowest BCUT2D eigenvalue weighted by Crippen LogP contribution is -2.41. The summed E-state index contributed by atoms with van der Waals surface area (Å²) in [7, 11) is 0. The highest BCUT2D eigenvalue weighted by atomic mass is 35.5. The van der Waals surface area contributed by atoms with Crippen molar-refractivity contribution in [3.8, 4) is 5.75 Å². The van der Waals surface area contributed by atoms with Gasteiger partial charge in [-0.05, 0) is 56.1 Å². The van der Waals surface area contributed by atoms with Crippen LogP contribution in [0.5, 0.6) is 5.75 Å². The van der Waals surface area contributed by atoms with Gasteiger partial charge in [-0.2, -0.15) is 0 Å². The van der Waals surface area contributed by atoms with E-state index in [0.29, 0.717) is 6.04 Å². The Balaban J connectivity index is 0.00000169. The molecule has 1 aliphatic heterocycles. The Morgan fingerprint density at radius 3 is 2.19 bits per heavy atom. The molecule has 0 unspecified atom stereocenters. The lowest BCUT2D eigenvalue weighted by Gasteiger charge is -2.32. The maximum absolute atomic E-state index is 5.49. The molecule has 0 radical (unpaired) electrons. The van der Waals surface area contributed by atoms with Crippen molar-refractivity contribution in [1.29, 1.82) is 0 Å². The van der Waals surface area contributed by atoms with Gasteiger partial charge in [0.2, 0.25) is 0 Å². The smallest absolute Gasteiger partial charge is 0.119 e. The van der Waals surface area contributed by atoms with E-state index < -0.39 is 0 Å². The first-order valence-electron chi connectivity index (χ1n) is 9.05. The molecule has 1 heterocycles. The first-order valence-corrected chi connectivity index (χ1v) is 9.05. The van der Waals surface area contributed by atoms with Gasteiger partial charge in [0.15, 0.2) is 0 Å². The molecule has 1 saturated heterocycles. The van der Waals surface area contributed by atoms with E-state index in [9.17, 15) is 0 Å². The van der Waals surface area contributed by atoms with Gasteiger partial charge >= 0.3 is 0 Å². The number of hydrogen-bond donors (Lipinski definition) is 1. The van der Waals surface area contributed by atoms with Crippen LogP contribution in [0.3, 0.4) is 0 Å². The van der Waals surface area contributed by atoms with Gasteiger partial charge in [0.1, 0.15) is 5.75 Å². The van der Waals surface area contributed by atoms with E-state index in [0.717, 1.165) is 25.4 Å². The molecule has 0 aliphatic carbocycles. The molecule has 144 valence electrons. The van der Waals surface area contributed by atoms with Gasteiger partial charge < -0.3 is 10.1 Å². The molecule has 5 heteroatoms. The fourth-order valence-electron chi connectivity index (χ4n) is 3.27. The molecule has 2 aromatic rings. The lowest BCUT2D eigenvalue weighted by molar-refractivity contribution is 0.190. The average Bonchev–Trinajstić information content (AvgIpc) is 2.63. The molecule has 26 heavy (non-hydrogen) atoms. The van der Waals surface area contributed by atoms with Gasteiger partial charge in [0.25, 0.3) is 0 Å². The van der Waals surface area contributed by atoms with Crippen molar-refractivity contribution in [2.75, 3.05) is 19.7 Å². The Hall–Kier alpha value is -1.26. The van der Waals surface area contributed by atoms with Crippen LogP contribution < -0.4 is 10.1 Å². The number of halogens is 2. The maximum Gasteiger partial charge on any atom is 0.119 e. The SMILES string of the molecule is CCOc1ccc(CNC2CCN(Cc3ccccc3)CC2)cc1.Cl.Cl. The van der Waals surface area contributed by atoms with E-state index >= 15 is 0 Å². The Morgan fingerprint density at radius 1 is 0.923 bits per heavy atom. The molecule has 0 spiro atoms. The van der Waals surface area contributed by atoms with Gasteiger partial charge in [-0.25, -0.2) is 0 Å². The highest BCUT2D eigenvalue weighted by Gasteiger charge is 2.18. The Kier molecular flexibility index (Phi) is 10.7. The summed E-state index contributed by atoms with van der Waals surface area (Å²) in [5.74, 6) is 0.954. The van der Waals surface area contributed by atoms with Crippen molar-refractivity contribution in [2.24, 2.45) is 0 Å². The van der Waals surface area contributed by atoms with Crippen LogP contribution in [-0.4, -0.2) is 30.6 Å². The number of likely N-dealkylation sites (tertiary alicyclic amines) is 1. The number of ether oxygens (including phenoxy) is 1. The van der Waals surface area contributed by atoms with Crippen molar-refractivity contribution in [3.05, 3.63) is 65.7 Å². The van der Waals surface area contributed by atoms with Crippen molar-refractivity contribution in [3.63, 3.8) is 0 Å². The third kappa shape index (κ3) is 7.16. The molecule has 0 atom stereocenters. The molecule has 0 bridgehead atoms. The molecule has 1 fully saturated rings. The topological polar surface area (TPSA) is 24.5 Å². The van der Waals surface area contributed by atoms with E-state index in [4.69, 9.17) is 4.74 Å². The third-order valence-corrected chi connectivity index (χ3v) is 4.67. The molecule has 0 saturated carbocycles. The average molecular weight is 397 g/mol. The van der Waals surface area contributed by atoms with Crippen LogP contribution in [0.25, 0.3) is 0 Å². The summed E-state index contributed by atoms with van der Waals surface area (Å²) < 4.78 is 5.49. The summed E-state index contributed by atoms with van der Waals surface area (Å²) in [6, 6.07) is 19.8. The quantitative estimate of drug-likeness (QED) is 0.734. The van der Waals surface area contributed by atoms with Gasteiger partial charge in [-0.15, -0.1) is 24.8 Å². The molecule has 3 rings (SSSR count). The fraction of sp³-hybridized carbons (Fsp3) is 0.429. The molecule has 1 aliphatic rings. The summed E-state index contributed by atoms with van der Waals surface area (Å²) in [5, 5.41) is 3.71. The van der Waals surface area contributed by atoms with Gasteiger partial charge in [-0.1, -0.05) is 42.5 Å². The van der Waals surface area contributed by atoms with Gasteiger partial charge in [0.05, 0.1) is 6.61 Å². The highest BCUT2D eigenvalue weighted by Crippen LogP contribution is 2.16. The summed E-state index contributed by atoms with van der Waals surface area (Å²) in [5.41, 5.74) is 2.74. The van der Waals surface area contributed by atoms with Crippen LogP contribution in [0.4, 0.5) is 0 Å². The van der Waals surface area contributed by atoms with Crippen LogP contribution in [-0.2, 0) is 13.1 Å². The minimum absolute atomic E-state index is 0. The predicted octanol–water partition coefficient (Wildman–Crippen LogP) is 4.68. The summed E-state index contributed by atoms with van der Waals surface area (Å²) >= 11 is 0. The minimum Gasteiger partial charge on any atom is -0.494 e. The molecule has 2 aromatic carbocycles. The number of benzene rings is 2. The zero-order valence-electron chi connectivity index (χ0n) is 15.4. The largest absolute Gasteiger partial charge is 0.494 e. The summed E-state index contributed by atoms with van der Waals surface area (Å²) in [6.07, 6.45) is 2.45. The molecule has 0 aromatic heterocycles. The highest BCUT2D eigenvalue weighted by molar-refractivity contribution is 5.85. The maximum atomic E-state index is 5.49. The molecular weight excluding hydrogens is 367 g/mol. The van der Waals surface area contributed by atoms with Crippen molar-refractivity contribution < 1.29 is 4.74 Å². The van der Waals surface area contributed by atoms with Crippen LogP contribution in [0.1, 0.15) is 30.9 Å². The van der Waals surface area contributed by atoms with E-state index in [1.54, 1.807) is 0 Å². The van der Waals surface area contributed by atoms with Crippen LogP contribution >= 0.6 is 24.8 Å². The zero-order valence-corrected chi connectivity index (χ0v) is 17.0.